The Labute approximate surface area is 152 Å². The van der Waals surface area contributed by atoms with E-state index in [9.17, 15) is 14.9 Å². The summed E-state index contributed by atoms with van der Waals surface area (Å²) in [7, 11) is 0. The first-order chi connectivity index (χ1) is 12.4. The van der Waals surface area contributed by atoms with E-state index in [4.69, 9.17) is 0 Å². The van der Waals surface area contributed by atoms with Gasteiger partial charge in [-0.2, -0.15) is 4.68 Å². The maximum atomic E-state index is 12.5. The molecule has 2 heterocycles. The topological polar surface area (TPSA) is 84.5 Å². The van der Waals surface area contributed by atoms with Crippen molar-refractivity contribution < 1.29 is 9.72 Å². The minimum Gasteiger partial charge on any atom is -0.358 e. The maximum absolute atomic E-state index is 12.5. The zero-order chi connectivity index (χ0) is 18.7. The summed E-state index contributed by atoms with van der Waals surface area (Å²) in [4.78, 5) is 26.9. The molecule has 0 atom stereocenters. The third kappa shape index (κ3) is 4.08. The second-order valence-electron chi connectivity index (χ2n) is 6.64. The first-order valence-corrected chi connectivity index (χ1v) is 8.67. The van der Waals surface area contributed by atoms with Crippen molar-refractivity contribution in [2.24, 2.45) is 0 Å². The van der Waals surface area contributed by atoms with Crippen molar-refractivity contribution in [3.05, 3.63) is 57.3 Å². The molecule has 1 aromatic carbocycles. The lowest BCUT2D eigenvalue weighted by atomic mass is 10.1. The Balaban J connectivity index is 1.54. The molecule has 0 radical (unpaired) electrons. The van der Waals surface area contributed by atoms with Crippen LogP contribution < -0.4 is 0 Å². The van der Waals surface area contributed by atoms with Crippen LogP contribution in [-0.4, -0.2) is 56.6 Å². The third-order valence-corrected chi connectivity index (χ3v) is 4.82. The monoisotopic (exact) mass is 357 g/mol. The van der Waals surface area contributed by atoms with Crippen LogP contribution in [0.5, 0.6) is 0 Å². The number of amides is 1. The largest absolute Gasteiger partial charge is 0.390 e. The fraction of sp³-hybridized carbons (Fsp3) is 0.444. The van der Waals surface area contributed by atoms with Gasteiger partial charge in [-0.15, -0.1) is 0 Å². The van der Waals surface area contributed by atoms with Crippen LogP contribution in [0.1, 0.15) is 16.8 Å². The predicted molar refractivity (Wildman–Crippen MR) is 96.7 cm³/mol. The van der Waals surface area contributed by atoms with Crippen LogP contribution in [0.4, 0.5) is 5.82 Å². The van der Waals surface area contributed by atoms with Crippen molar-refractivity contribution in [1.82, 2.24) is 19.6 Å². The fourth-order valence-corrected chi connectivity index (χ4v) is 3.15. The maximum Gasteiger partial charge on any atom is 0.390 e. The summed E-state index contributed by atoms with van der Waals surface area (Å²) in [5, 5.41) is 14.7. The number of hydrogen-bond donors (Lipinski definition) is 0. The summed E-state index contributed by atoms with van der Waals surface area (Å²) in [6, 6.07) is 9.72. The van der Waals surface area contributed by atoms with E-state index >= 15 is 0 Å². The van der Waals surface area contributed by atoms with Crippen LogP contribution in [0.15, 0.2) is 30.3 Å². The number of hydrogen-bond acceptors (Lipinski definition) is 5. The number of aryl methyl sites for hydroxylation is 2. The summed E-state index contributed by atoms with van der Waals surface area (Å²) in [5.74, 6) is -0.278. The van der Waals surface area contributed by atoms with Crippen LogP contribution >= 0.6 is 0 Å². The molecule has 8 heteroatoms. The highest BCUT2D eigenvalue weighted by molar-refractivity contribution is 5.76. The lowest BCUT2D eigenvalue weighted by Gasteiger charge is -2.34. The predicted octanol–water partition coefficient (Wildman–Crippen LogP) is 1.75. The van der Waals surface area contributed by atoms with Gasteiger partial charge in [-0.05, 0) is 29.9 Å². The lowest BCUT2D eigenvalue weighted by Crippen LogP contribution is -2.49. The van der Waals surface area contributed by atoms with Gasteiger partial charge in [0.1, 0.15) is 6.54 Å². The molecule has 26 heavy (non-hydrogen) atoms. The molecule has 0 saturated carbocycles. The van der Waals surface area contributed by atoms with Gasteiger partial charge >= 0.3 is 5.82 Å². The Morgan fingerprint density at radius 1 is 1.19 bits per heavy atom. The van der Waals surface area contributed by atoms with E-state index in [1.54, 1.807) is 11.8 Å². The summed E-state index contributed by atoms with van der Waals surface area (Å²) in [5.41, 5.74) is 3.21. The van der Waals surface area contributed by atoms with E-state index in [1.807, 2.05) is 12.1 Å². The Morgan fingerprint density at radius 3 is 2.50 bits per heavy atom. The SMILES string of the molecule is Cc1ccccc1CN1CCN(C(=O)Cn2nc([N+](=O)[O-])cc2C)CC1. The highest BCUT2D eigenvalue weighted by Crippen LogP contribution is 2.14. The Hall–Kier alpha value is -2.74. The first kappa shape index (κ1) is 18.1. The smallest absolute Gasteiger partial charge is 0.358 e. The zero-order valence-electron chi connectivity index (χ0n) is 15.1. The quantitative estimate of drug-likeness (QED) is 0.601. The number of carbonyl (C=O) groups excluding carboxylic acids is 1. The summed E-state index contributed by atoms with van der Waals surface area (Å²) < 4.78 is 1.40. The highest BCUT2D eigenvalue weighted by atomic mass is 16.6. The minimum atomic E-state index is -0.543. The van der Waals surface area contributed by atoms with Crippen molar-refractivity contribution in [1.29, 1.82) is 0 Å². The molecule has 2 aromatic rings. The number of benzene rings is 1. The van der Waals surface area contributed by atoms with E-state index in [0.29, 0.717) is 18.8 Å². The number of carbonyl (C=O) groups is 1. The number of rotatable bonds is 5. The second kappa shape index (κ2) is 7.65. The molecule has 1 aromatic heterocycles. The molecule has 3 rings (SSSR count). The van der Waals surface area contributed by atoms with Crippen LogP contribution in [0.25, 0.3) is 0 Å². The van der Waals surface area contributed by atoms with Crippen LogP contribution in [0.3, 0.4) is 0 Å². The zero-order valence-corrected chi connectivity index (χ0v) is 15.1. The van der Waals surface area contributed by atoms with Crippen molar-refractivity contribution in [3.8, 4) is 0 Å². The van der Waals surface area contributed by atoms with Gasteiger partial charge in [0.05, 0.1) is 16.9 Å². The molecule has 1 aliphatic heterocycles. The Morgan fingerprint density at radius 2 is 1.88 bits per heavy atom. The van der Waals surface area contributed by atoms with Gasteiger partial charge in [0.2, 0.25) is 5.91 Å². The summed E-state index contributed by atoms with van der Waals surface area (Å²) >= 11 is 0. The molecule has 0 aliphatic carbocycles. The summed E-state index contributed by atoms with van der Waals surface area (Å²) in [6.07, 6.45) is 0. The molecular weight excluding hydrogens is 334 g/mol. The van der Waals surface area contributed by atoms with Gasteiger partial charge in [0, 0.05) is 32.7 Å². The average Bonchev–Trinajstić information content (AvgIpc) is 2.98. The van der Waals surface area contributed by atoms with E-state index in [0.717, 1.165) is 19.6 Å². The molecule has 1 amide bonds. The van der Waals surface area contributed by atoms with Crippen molar-refractivity contribution >= 4 is 11.7 Å². The molecule has 8 nitrogen and oxygen atoms in total. The van der Waals surface area contributed by atoms with Gasteiger partial charge in [-0.25, -0.2) is 0 Å². The second-order valence-corrected chi connectivity index (χ2v) is 6.64. The third-order valence-electron chi connectivity index (χ3n) is 4.82. The number of aromatic nitrogens is 2. The van der Waals surface area contributed by atoms with E-state index in [-0.39, 0.29) is 18.3 Å². The van der Waals surface area contributed by atoms with Crippen molar-refractivity contribution in [2.45, 2.75) is 26.9 Å². The molecule has 1 aliphatic rings. The van der Waals surface area contributed by atoms with Crippen LogP contribution in [0, 0.1) is 24.0 Å². The van der Waals surface area contributed by atoms with Gasteiger partial charge < -0.3 is 15.0 Å². The van der Waals surface area contributed by atoms with E-state index < -0.39 is 4.92 Å². The molecule has 138 valence electrons. The van der Waals surface area contributed by atoms with Crippen LogP contribution in [0.2, 0.25) is 0 Å². The Kier molecular flexibility index (Phi) is 5.32. The normalized spacial score (nSPS) is 15.2. The van der Waals surface area contributed by atoms with Gasteiger partial charge in [-0.3, -0.25) is 9.69 Å². The number of nitrogens with zero attached hydrogens (tertiary/aromatic N) is 5. The molecular formula is C18H23N5O3. The number of nitro groups is 1. The molecule has 0 N–H and O–H groups in total. The van der Waals surface area contributed by atoms with Gasteiger partial charge in [0.25, 0.3) is 0 Å². The number of piperazine rings is 1. The molecule has 1 saturated heterocycles. The first-order valence-electron chi connectivity index (χ1n) is 8.67. The van der Waals surface area contributed by atoms with Crippen molar-refractivity contribution in [3.63, 3.8) is 0 Å². The molecule has 0 bridgehead atoms. The standard InChI is InChI=1S/C18H23N5O3/c1-14-5-3-4-6-16(14)12-20-7-9-21(10-8-20)18(24)13-22-15(2)11-17(19-22)23(25)26/h3-6,11H,7-10,12-13H2,1-2H3. The van der Waals surface area contributed by atoms with E-state index in [2.05, 4.69) is 29.1 Å². The van der Waals surface area contributed by atoms with Crippen molar-refractivity contribution in [2.75, 3.05) is 26.2 Å². The van der Waals surface area contributed by atoms with Gasteiger partial charge in [0.15, 0.2) is 0 Å². The van der Waals surface area contributed by atoms with Gasteiger partial charge in [-0.1, -0.05) is 24.3 Å². The highest BCUT2D eigenvalue weighted by Gasteiger charge is 2.24. The lowest BCUT2D eigenvalue weighted by molar-refractivity contribution is -0.389. The average molecular weight is 357 g/mol. The van der Waals surface area contributed by atoms with E-state index in [1.165, 1.54) is 21.9 Å². The molecule has 0 unspecified atom stereocenters. The Bertz CT molecular complexity index is 809. The fourth-order valence-electron chi connectivity index (χ4n) is 3.15. The minimum absolute atomic E-state index is 0.0392. The molecule has 1 fully saturated rings. The summed E-state index contributed by atoms with van der Waals surface area (Å²) in [6.45, 7) is 7.71. The van der Waals surface area contributed by atoms with Crippen LogP contribution in [-0.2, 0) is 17.9 Å². The molecule has 0 spiro atoms.